The van der Waals surface area contributed by atoms with Gasteiger partial charge in [0.2, 0.25) is 5.91 Å². The normalized spacial score (nSPS) is 20.7. The van der Waals surface area contributed by atoms with Crippen molar-refractivity contribution in [3.8, 4) is 5.75 Å². The summed E-state index contributed by atoms with van der Waals surface area (Å²) in [5, 5.41) is 3.00. The average Bonchev–Trinajstić information content (AvgIpc) is 3.20. The van der Waals surface area contributed by atoms with Crippen molar-refractivity contribution in [1.29, 1.82) is 0 Å². The summed E-state index contributed by atoms with van der Waals surface area (Å²) in [6, 6.07) is 5.71. The lowest BCUT2D eigenvalue weighted by Gasteiger charge is -2.33. The SMILES string of the molecule is CCOC(=O)CCNCC(=O)N1CCc2cc(OC3CCC(C(F)(F)CC)CC3)ccc21. The zero-order valence-electron chi connectivity index (χ0n) is 19.0. The molecule has 1 aliphatic carbocycles. The Morgan fingerprint density at radius 2 is 1.94 bits per heavy atom. The van der Waals surface area contributed by atoms with Gasteiger partial charge in [-0.1, -0.05) is 6.92 Å². The molecular formula is C24H34F2N2O4. The van der Waals surface area contributed by atoms with Gasteiger partial charge in [0, 0.05) is 31.1 Å². The molecule has 0 atom stereocenters. The first-order valence-corrected chi connectivity index (χ1v) is 11.7. The zero-order chi connectivity index (χ0) is 23.1. The number of alkyl halides is 2. The van der Waals surface area contributed by atoms with Gasteiger partial charge in [0.05, 0.1) is 25.7 Å². The van der Waals surface area contributed by atoms with Gasteiger partial charge in [0.25, 0.3) is 5.92 Å². The van der Waals surface area contributed by atoms with E-state index in [-0.39, 0.29) is 37.4 Å². The Bertz CT molecular complexity index is 794. The van der Waals surface area contributed by atoms with E-state index in [9.17, 15) is 18.4 Å². The standard InChI is InChI=1S/C24H34F2N2O4/c1-3-24(25,26)18-5-7-19(8-6-18)32-20-9-10-21-17(15-20)12-14-28(21)22(29)16-27-13-11-23(30)31-4-2/h9-10,15,18-19,27H,3-8,11-14,16H2,1-2H3. The number of benzene rings is 1. The number of hydrogen-bond acceptors (Lipinski definition) is 5. The summed E-state index contributed by atoms with van der Waals surface area (Å²) >= 11 is 0. The number of esters is 1. The largest absolute Gasteiger partial charge is 0.490 e. The van der Waals surface area contributed by atoms with Crippen LogP contribution in [0, 0.1) is 5.92 Å². The molecule has 1 aromatic rings. The predicted molar refractivity (Wildman–Crippen MR) is 118 cm³/mol. The molecule has 32 heavy (non-hydrogen) atoms. The highest BCUT2D eigenvalue weighted by Crippen LogP contribution is 2.40. The molecule has 0 bridgehead atoms. The first-order valence-electron chi connectivity index (χ1n) is 11.7. The summed E-state index contributed by atoms with van der Waals surface area (Å²) in [4.78, 5) is 25.7. The number of nitrogens with one attached hydrogen (secondary N) is 1. The lowest BCUT2D eigenvalue weighted by molar-refractivity contribution is -0.143. The topological polar surface area (TPSA) is 67.9 Å². The average molecular weight is 453 g/mol. The minimum absolute atomic E-state index is 0.0420. The molecule has 0 saturated heterocycles. The van der Waals surface area contributed by atoms with E-state index >= 15 is 0 Å². The van der Waals surface area contributed by atoms with Gasteiger partial charge in [-0.3, -0.25) is 9.59 Å². The number of carbonyl (C=O) groups excluding carboxylic acids is 2. The van der Waals surface area contributed by atoms with Crippen LogP contribution in [-0.2, 0) is 20.7 Å². The first kappa shape index (κ1) is 24.4. The summed E-state index contributed by atoms with van der Waals surface area (Å²) < 4.78 is 38.8. The van der Waals surface area contributed by atoms with Crippen LogP contribution in [0.25, 0.3) is 0 Å². The molecule has 8 heteroatoms. The fraction of sp³-hybridized carbons (Fsp3) is 0.667. The van der Waals surface area contributed by atoms with Gasteiger partial charge in [0.1, 0.15) is 5.75 Å². The molecule has 0 unspecified atom stereocenters. The van der Waals surface area contributed by atoms with Gasteiger partial charge in [0.15, 0.2) is 0 Å². The lowest BCUT2D eigenvalue weighted by Crippen LogP contribution is -2.37. The summed E-state index contributed by atoms with van der Waals surface area (Å²) in [7, 11) is 0. The molecule has 0 spiro atoms. The molecule has 1 amide bonds. The number of fused-ring (bicyclic) bond motifs is 1. The Morgan fingerprint density at radius 1 is 1.19 bits per heavy atom. The van der Waals surface area contributed by atoms with Crippen molar-refractivity contribution in [2.45, 2.75) is 70.8 Å². The van der Waals surface area contributed by atoms with Crippen LogP contribution in [0.3, 0.4) is 0 Å². The maximum Gasteiger partial charge on any atom is 0.307 e. The second kappa shape index (κ2) is 11.1. The Kier molecular flexibility index (Phi) is 8.45. The molecular weight excluding hydrogens is 418 g/mol. The lowest BCUT2D eigenvalue weighted by atomic mass is 9.82. The molecule has 2 aliphatic rings. The van der Waals surface area contributed by atoms with Gasteiger partial charge < -0.3 is 19.7 Å². The number of ether oxygens (including phenoxy) is 2. The third-order valence-corrected chi connectivity index (χ3v) is 6.38. The van der Waals surface area contributed by atoms with Crippen LogP contribution in [0.15, 0.2) is 18.2 Å². The summed E-state index contributed by atoms with van der Waals surface area (Å²) in [5.74, 6) is -2.72. The van der Waals surface area contributed by atoms with Crippen molar-refractivity contribution in [2.75, 3.05) is 31.1 Å². The smallest absolute Gasteiger partial charge is 0.307 e. The Hall–Kier alpha value is -2.22. The van der Waals surface area contributed by atoms with E-state index in [0.717, 1.165) is 23.4 Å². The van der Waals surface area contributed by atoms with Crippen LogP contribution in [-0.4, -0.2) is 50.1 Å². The van der Waals surface area contributed by atoms with Gasteiger partial charge in [-0.2, -0.15) is 0 Å². The van der Waals surface area contributed by atoms with Gasteiger partial charge >= 0.3 is 5.97 Å². The minimum atomic E-state index is -2.58. The van der Waals surface area contributed by atoms with Gasteiger partial charge in [-0.25, -0.2) is 8.78 Å². The quantitative estimate of drug-likeness (QED) is 0.428. The maximum absolute atomic E-state index is 13.9. The summed E-state index contributed by atoms with van der Waals surface area (Å²) in [6.45, 7) is 4.81. The molecule has 1 aromatic carbocycles. The van der Waals surface area contributed by atoms with Crippen LogP contribution in [0.1, 0.15) is 57.9 Å². The zero-order valence-corrected chi connectivity index (χ0v) is 19.0. The summed E-state index contributed by atoms with van der Waals surface area (Å²) in [5.41, 5.74) is 1.93. The molecule has 0 aromatic heterocycles. The molecule has 3 rings (SSSR count). The second-order valence-electron chi connectivity index (χ2n) is 8.52. The highest BCUT2D eigenvalue weighted by Gasteiger charge is 2.40. The van der Waals surface area contributed by atoms with E-state index < -0.39 is 11.8 Å². The molecule has 1 aliphatic heterocycles. The molecule has 6 nitrogen and oxygen atoms in total. The maximum atomic E-state index is 13.9. The molecule has 1 N–H and O–H groups in total. The third-order valence-electron chi connectivity index (χ3n) is 6.38. The molecule has 1 heterocycles. The van der Waals surface area contributed by atoms with Crippen molar-refractivity contribution in [3.63, 3.8) is 0 Å². The monoisotopic (exact) mass is 452 g/mol. The van der Waals surface area contributed by atoms with E-state index in [1.165, 1.54) is 0 Å². The van der Waals surface area contributed by atoms with Crippen molar-refractivity contribution in [3.05, 3.63) is 23.8 Å². The van der Waals surface area contributed by atoms with E-state index in [0.29, 0.717) is 45.4 Å². The number of halogens is 2. The highest BCUT2D eigenvalue weighted by molar-refractivity contribution is 5.96. The minimum Gasteiger partial charge on any atom is -0.490 e. The fourth-order valence-electron chi connectivity index (χ4n) is 4.51. The molecule has 1 saturated carbocycles. The van der Waals surface area contributed by atoms with Crippen LogP contribution < -0.4 is 15.0 Å². The predicted octanol–water partition coefficient (Wildman–Crippen LogP) is 4.10. The Balaban J connectivity index is 1.47. The fourth-order valence-corrected chi connectivity index (χ4v) is 4.51. The number of rotatable bonds is 10. The van der Waals surface area contributed by atoms with Crippen LogP contribution in [0.4, 0.5) is 14.5 Å². The first-order chi connectivity index (χ1) is 15.3. The van der Waals surface area contributed by atoms with Crippen molar-refractivity contribution in [2.24, 2.45) is 5.92 Å². The van der Waals surface area contributed by atoms with E-state index in [1.54, 1.807) is 18.7 Å². The second-order valence-corrected chi connectivity index (χ2v) is 8.52. The highest BCUT2D eigenvalue weighted by atomic mass is 19.3. The molecule has 178 valence electrons. The number of carbonyl (C=O) groups is 2. The van der Waals surface area contributed by atoms with Crippen LogP contribution in [0.5, 0.6) is 5.75 Å². The van der Waals surface area contributed by atoms with Crippen molar-refractivity contribution in [1.82, 2.24) is 5.32 Å². The number of amides is 1. The number of anilines is 1. The van der Waals surface area contributed by atoms with Crippen molar-refractivity contribution < 1.29 is 27.8 Å². The van der Waals surface area contributed by atoms with Gasteiger partial charge in [-0.05, 0) is 62.8 Å². The molecule has 0 radical (unpaired) electrons. The Labute approximate surface area is 188 Å². The van der Waals surface area contributed by atoms with Crippen LogP contribution in [0.2, 0.25) is 0 Å². The Morgan fingerprint density at radius 3 is 2.62 bits per heavy atom. The van der Waals surface area contributed by atoms with Crippen LogP contribution >= 0.6 is 0 Å². The molecule has 1 fully saturated rings. The van der Waals surface area contributed by atoms with Gasteiger partial charge in [-0.15, -0.1) is 0 Å². The van der Waals surface area contributed by atoms with E-state index in [1.807, 2.05) is 18.2 Å². The van der Waals surface area contributed by atoms with E-state index in [4.69, 9.17) is 9.47 Å². The number of hydrogen-bond donors (Lipinski definition) is 1. The summed E-state index contributed by atoms with van der Waals surface area (Å²) in [6.07, 6.45) is 3.08. The van der Waals surface area contributed by atoms with E-state index in [2.05, 4.69) is 5.32 Å². The third kappa shape index (κ3) is 6.18. The number of nitrogens with zero attached hydrogens (tertiary/aromatic N) is 1. The van der Waals surface area contributed by atoms with Crippen molar-refractivity contribution >= 4 is 17.6 Å².